The highest BCUT2D eigenvalue weighted by atomic mass is 32.1. The number of nitrogens with one attached hydrogen (secondary N) is 1. The van der Waals surface area contributed by atoms with Crippen LogP contribution in [0.2, 0.25) is 0 Å². The molecule has 3 aromatic heterocycles. The number of piperazine rings is 1. The van der Waals surface area contributed by atoms with Crippen LogP contribution in [-0.2, 0) is 6.54 Å². The smallest absolute Gasteiger partial charge is 0.247 e. The highest BCUT2D eigenvalue weighted by Gasteiger charge is 2.49. The number of imidazole rings is 1. The predicted molar refractivity (Wildman–Crippen MR) is 156 cm³/mol. The minimum Gasteiger partial charge on any atom is -0.474 e. The zero-order valence-electron chi connectivity index (χ0n) is 23.0. The number of hydrogen-bond acceptors (Lipinski definition) is 10. The molecule has 0 spiro atoms. The topological polar surface area (TPSA) is 121 Å². The number of nitriles is 1. The molecule has 0 saturated carbocycles. The molecule has 0 radical (unpaired) electrons. The molecule has 4 atom stereocenters. The van der Waals surface area contributed by atoms with Crippen LogP contribution in [0, 0.1) is 17.1 Å². The van der Waals surface area contributed by atoms with Crippen molar-refractivity contribution < 1.29 is 13.5 Å². The number of alkyl halides is 1. The van der Waals surface area contributed by atoms with Gasteiger partial charge in [0.1, 0.15) is 29.7 Å². The number of thiophene rings is 1. The van der Waals surface area contributed by atoms with E-state index >= 15 is 0 Å². The highest BCUT2D eigenvalue weighted by Crippen LogP contribution is 2.42. The van der Waals surface area contributed by atoms with E-state index in [1.165, 1.54) is 6.07 Å². The monoisotopic (exact) mass is 591 g/mol. The van der Waals surface area contributed by atoms with Crippen LogP contribution in [0.4, 0.5) is 19.7 Å². The molecule has 0 amide bonds. The quantitative estimate of drug-likeness (QED) is 0.347. The molecule has 10 nitrogen and oxygen atoms in total. The van der Waals surface area contributed by atoms with Crippen molar-refractivity contribution in [2.45, 2.75) is 62.4 Å². The van der Waals surface area contributed by atoms with Gasteiger partial charge in [-0.1, -0.05) is 6.07 Å². The number of hydrogen-bond donors (Lipinski definition) is 2. The SMILES string of the molecule is N#Cc1c(N)sc2c(F)ccc(Cn3cnc4c(OC[C@@]56CCCN5C[C@H](F)C6)nc(N5[C@@H]6CC[C@H]5CNC6)nc43)c12. The molecule has 7 heterocycles. The van der Waals surface area contributed by atoms with E-state index in [9.17, 15) is 14.0 Å². The maximum Gasteiger partial charge on any atom is 0.247 e. The average molecular weight is 592 g/mol. The Hall–Kier alpha value is -3.60. The molecule has 8 rings (SSSR count). The first-order valence-corrected chi connectivity index (χ1v) is 15.4. The van der Waals surface area contributed by atoms with Crippen molar-refractivity contribution in [3.63, 3.8) is 0 Å². The number of nitrogen functional groups attached to an aromatic ring is 1. The van der Waals surface area contributed by atoms with Crippen LogP contribution in [0.3, 0.4) is 0 Å². The molecule has 218 valence electrons. The summed E-state index contributed by atoms with van der Waals surface area (Å²) in [5.74, 6) is 0.599. The third kappa shape index (κ3) is 3.95. The van der Waals surface area contributed by atoms with Gasteiger partial charge in [0, 0.05) is 43.5 Å². The van der Waals surface area contributed by atoms with E-state index in [1.54, 1.807) is 12.4 Å². The molecule has 42 heavy (non-hydrogen) atoms. The summed E-state index contributed by atoms with van der Waals surface area (Å²) in [6, 6.07) is 5.83. The molecule has 4 saturated heterocycles. The van der Waals surface area contributed by atoms with Crippen LogP contribution in [0.1, 0.15) is 43.2 Å². The predicted octanol–water partition coefficient (Wildman–Crippen LogP) is 3.58. The molecular formula is C29H31F2N9OS. The van der Waals surface area contributed by atoms with Gasteiger partial charge in [0.2, 0.25) is 11.8 Å². The second kappa shape index (κ2) is 9.72. The summed E-state index contributed by atoms with van der Waals surface area (Å²) in [4.78, 5) is 19.2. The largest absolute Gasteiger partial charge is 0.474 e. The lowest BCUT2D eigenvalue weighted by Gasteiger charge is -2.35. The van der Waals surface area contributed by atoms with Gasteiger partial charge in [-0.2, -0.15) is 15.2 Å². The number of benzene rings is 1. The Kier molecular flexibility index (Phi) is 6.03. The Morgan fingerprint density at radius 1 is 1.24 bits per heavy atom. The molecule has 13 heteroatoms. The van der Waals surface area contributed by atoms with Crippen LogP contribution in [-0.4, -0.2) is 81.0 Å². The number of nitrogens with two attached hydrogens (primary N) is 1. The summed E-state index contributed by atoms with van der Waals surface area (Å²) < 4.78 is 37.9. The van der Waals surface area contributed by atoms with Crippen LogP contribution in [0.5, 0.6) is 5.88 Å². The van der Waals surface area contributed by atoms with Crippen molar-refractivity contribution in [1.82, 2.24) is 29.7 Å². The van der Waals surface area contributed by atoms with Gasteiger partial charge in [-0.05, 0) is 43.9 Å². The zero-order valence-corrected chi connectivity index (χ0v) is 23.8. The maximum absolute atomic E-state index is 14.7. The molecular weight excluding hydrogens is 560 g/mol. The van der Waals surface area contributed by atoms with E-state index in [0.717, 1.165) is 62.2 Å². The Balaban J connectivity index is 1.21. The van der Waals surface area contributed by atoms with Crippen LogP contribution in [0.15, 0.2) is 18.5 Å². The summed E-state index contributed by atoms with van der Waals surface area (Å²) in [6.45, 7) is 3.73. The zero-order chi connectivity index (χ0) is 28.6. The van der Waals surface area contributed by atoms with Gasteiger partial charge in [0.15, 0.2) is 11.2 Å². The van der Waals surface area contributed by atoms with Gasteiger partial charge in [0.05, 0.1) is 28.7 Å². The Labute approximate surface area is 245 Å². The molecule has 3 N–H and O–H groups in total. The van der Waals surface area contributed by atoms with Crippen molar-refractivity contribution in [3.8, 4) is 11.9 Å². The number of nitrogens with zero attached hydrogens (tertiary/aromatic N) is 7. The highest BCUT2D eigenvalue weighted by molar-refractivity contribution is 7.23. The lowest BCUT2D eigenvalue weighted by Crippen LogP contribution is -2.52. The maximum atomic E-state index is 14.7. The van der Waals surface area contributed by atoms with Crippen molar-refractivity contribution >= 4 is 43.5 Å². The summed E-state index contributed by atoms with van der Waals surface area (Å²) in [6.07, 6.45) is 5.37. The van der Waals surface area contributed by atoms with Gasteiger partial charge >= 0.3 is 0 Å². The normalized spacial score (nSPS) is 27.3. The van der Waals surface area contributed by atoms with Crippen molar-refractivity contribution in [1.29, 1.82) is 5.26 Å². The van der Waals surface area contributed by atoms with E-state index in [1.807, 2.05) is 4.57 Å². The lowest BCUT2D eigenvalue weighted by molar-refractivity contribution is 0.111. The molecule has 0 aliphatic carbocycles. The first kappa shape index (κ1) is 26.1. The minimum absolute atomic E-state index is 0.286. The third-order valence-corrected chi connectivity index (χ3v) is 10.7. The van der Waals surface area contributed by atoms with Crippen molar-refractivity contribution in [2.24, 2.45) is 0 Å². The van der Waals surface area contributed by atoms with Crippen molar-refractivity contribution in [3.05, 3.63) is 35.4 Å². The van der Waals surface area contributed by atoms with Crippen LogP contribution in [0.25, 0.3) is 21.3 Å². The van der Waals surface area contributed by atoms with Crippen LogP contribution < -0.4 is 20.7 Å². The van der Waals surface area contributed by atoms with Gasteiger partial charge in [0.25, 0.3) is 0 Å². The molecule has 4 aromatic rings. The first-order valence-electron chi connectivity index (χ1n) is 14.6. The lowest BCUT2D eigenvalue weighted by atomic mass is 9.95. The van der Waals surface area contributed by atoms with Crippen molar-refractivity contribution in [2.75, 3.05) is 43.4 Å². The van der Waals surface area contributed by atoms with Gasteiger partial charge in [-0.25, -0.2) is 13.8 Å². The number of halogens is 2. The Morgan fingerprint density at radius 3 is 2.88 bits per heavy atom. The fourth-order valence-corrected chi connectivity index (χ4v) is 8.65. The molecule has 4 aliphatic heterocycles. The molecule has 0 unspecified atom stereocenters. The number of aromatic nitrogens is 4. The number of ether oxygens (including phenoxy) is 1. The van der Waals surface area contributed by atoms with Gasteiger partial charge in [-0.3, -0.25) is 4.90 Å². The average Bonchev–Trinajstić information content (AvgIpc) is 3.76. The van der Waals surface area contributed by atoms with E-state index in [-0.39, 0.29) is 11.1 Å². The van der Waals surface area contributed by atoms with Gasteiger partial charge < -0.3 is 25.3 Å². The van der Waals surface area contributed by atoms with Crippen LogP contribution >= 0.6 is 11.3 Å². The van der Waals surface area contributed by atoms with E-state index in [4.69, 9.17) is 20.4 Å². The number of anilines is 2. The van der Waals surface area contributed by atoms with E-state index in [2.05, 4.69) is 26.2 Å². The second-order valence-corrected chi connectivity index (χ2v) is 13.1. The fourth-order valence-electron chi connectivity index (χ4n) is 7.68. The van der Waals surface area contributed by atoms with E-state index in [0.29, 0.717) is 76.3 Å². The first-order chi connectivity index (χ1) is 20.4. The third-order valence-electron chi connectivity index (χ3n) is 9.63. The summed E-state index contributed by atoms with van der Waals surface area (Å²) in [7, 11) is 0. The molecule has 4 fully saturated rings. The second-order valence-electron chi connectivity index (χ2n) is 12.1. The number of rotatable bonds is 6. The Bertz CT molecular complexity index is 1730. The Morgan fingerprint density at radius 2 is 2.07 bits per heavy atom. The standard InChI is InChI=1S/C29H31F2N9OS/c30-17-8-29(6-1-7-39(29)13-17)14-41-27-23-26(36-28(37-27)40-18-3-4-19(40)11-34-10-18)38(15-35-23)12-16-2-5-21(31)24-22(16)20(9-32)25(33)42-24/h2,5,15,17-19,34H,1,3-4,6-8,10-14,33H2/t17-,18-,19+,29+/m1/s1. The summed E-state index contributed by atoms with van der Waals surface area (Å²) in [5, 5.41) is 14.1. The summed E-state index contributed by atoms with van der Waals surface area (Å²) >= 11 is 1.08. The molecule has 2 bridgehead atoms. The molecule has 4 aliphatic rings. The fraction of sp³-hybridized carbons (Fsp3) is 0.517. The number of fused-ring (bicyclic) bond motifs is 5. The van der Waals surface area contributed by atoms with E-state index < -0.39 is 12.0 Å². The van der Waals surface area contributed by atoms with Gasteiger partial charge in [-0.15, -0.1) is 11.3 Å². The molecule has 1 aromatic carbocycles. The minimum atomic E-state index is -0.845. The summed E-state index contributed by atoms with van der Waals surface area (Å²) in [5.41, 5.74) is 7.93.